The van der Waals surface area contributed by atoms with E-state index < -0.39 is 29.9 Å². The van der Waals surface area contributed by atoms with Gasteiger partial charge in [0.25, 0.3) is 5.91 Å². The topological polar surface area (TPSA) is 134 Å². The Morgan fingerprint density at radius 2 is 2.04 bits per heavy atom. The summed E-state index contributed by atoms with van der Waals surface area (Å²) in [5, 5.41) is 14.1. The SMILES string of the molecule is O=C(CN1C(=O)CNC1=O)N[C@@H]1CCOC[C@H]1Oc1ccc(C(=O)O)cc1. The van der Waals surface area contributed by atoms with E-state index >= 15 is 0 Å². The zero-order valence-corrected chi connectivity index (χ0v) is 14.3. The summed E-state index contributed by atoms with van der Waals surface area (Å²) in [6, 6.07) is 4.95. The third-order valence-electron chi connectivity index (χ3n) is 4.28. The number of carbonyl (C=O) groups is 4. The molecule has 0 unspecified atom stereocenters. The second-order valence-corrected chi connectivity index (χ2v) is 6.16. The Morgan fingerprint density at radius 1 is 1.30 bits per heavy atom. The largest absolute Gasteiger partial charge is 0.486 e. The van der Waals surface area contributed by atoms with Crippen LogP contribution >= 0.6 is 0 Å². The molecule has 27 heavy (non-hydrogen) atoms. The van der Waals surface area contributed by atoms with Gasteiger partial charge in [0, 0.05) is 6.61 Å². The van der Waals surface area contributed by atoms with Gasteiger partial charge in [-0.15, -0.1) is 0 Å². The Balaban J connectivity index is 1.59. The van der Waals surface area contributed by atoms with Gasteiger partial charge < -0.3 is 25.2 Å². The van der Waals surface area contributed by atoms with Gasteiger partial charge in [-0.1, -0.05) is 0 Å². The molecule has 0 spiro atoms. The van der Waals surface area contributed by atoms with Gasteiger partial charge in [0.15, 0.2) is 0 Å². The molecular formula is C17H19N3O7. The predicted octanol–water partition coefficient (Wildman–Crippen LogP) is -0.411. The molecular weight excluding hydrogens is 358 g/mol. The van der Waals surface area contributed by atoms with E-state index in [1.54, 1.807) is 0 Å². The number of aromatic carboxylic acids is 1. The van der Waals surface area contributed by atoms with Crippen LogP contribution in [0.1, 0.15) is 16.8 Å². The minimum atomic E-state index is -1.03. The zero-order valence-electron chi connectivity index (χ0n) is 14.3. The van der Waals surface area contributed by atoms with Crippen LogP contribution in [0.25, 0.3) is 0 Å². The van der Waals surface area contributed by atoms with Crippen molar-refractivity contribution in [3.8, 4) is 5.75 Å². The Labute approximate surface area is 154 Å². The van der Waals surface area contributed by atoms with Gasteiger partial charge in [-0.3, -0.25) is 14.5 Å². The average Bonchev–Trinajstić information content (AvgIpc) is 2.96. The number of ether oxygens (including phenoxy) is 2. The van der Waals surface area contributed by atoms with Crippen molar-refractivity contribution in [2.75, 3.05) is 26.3 Å². The van der Waals surface area contributed by atoms with Gasteiger partial charge in [-0.25, -0.2) is 9.59 Å². The monoisotopic (exact) mass is 377 g/mol. The van der Waals surface area contributed by atoms with Crippen LogP contribution in [-0.2, 0) is 14.3 Å². The number of amides is 4. The van der Waals surface area contributed by atoms with Crippen molar-refractivity contribution in [1.29, 1.82) is 0 Å². The Kier molecular flexibility index (Phi) is 5.55. The highest BCUT2D eigenvalue weighted by Gasteiger charge is 2.33. The predicted molar refractivity (Wildman–Crippen MR) is 90.3 cm³/mol. The highest BCUT2D eigenvalue weighted by atomic mass is 16.5. The molecule has 2 saturated heterocycles. The van der Waals surface area contributed by atoms with Crippen LogP contribution in [0.3, 0.4) is 0 Å². The van der Waals surface area contributed by atoms with E-state index in [1.165, 1.54) is 24.3 Å². The summed E-state index contributed by atoms with van der Waals surface area (Å²) < 4.78 is 11.2. The summed E-state index contributed by atoms with van der Waals surface area (Å²) in [5.74, 6) is -1.51. The van der Waals surface area contributed by atoms with Crippen LogP contribution in [0.15, 0.2) is 24.3 Å². The molecule has 0 aliphatic carbocycles. The number of imide groups is 1. The minimum absolute atomic E-state index is 0.110. The van der Waals surface area contributed by atoms with Crippen molar-refractivity contribution in [2.24, 2.45) is 0 Å². The number of rotatable bonds is 6. The van der Waals surface area contributed by atoms with Gasteiger partial charge in [-0.2, -0.15) is 0 Å². The molecule has 0 bridgehead atoms. The fraction of sp³-hybridized carbons (Fsp3) is 0.412. The molecule has 1 aromatic carbocycles. The number of nitrogens with zero attached hydrogens (tertiary/aromatic N) is 1. The van der Waals surface area contributed by atoms with Gasteiger partial charge in [0.2, 0.25) is 5.91 Å². The quantitative estimate of drug-likeness (QED) is 0.574. The van der Waals surface area contributed by atoms with Crippen LogP contribution < -0.4 is 15.4 Å². The molecule has 0 aromatic heterocycles. The third kappa shape index (κ3) is 4.53. The molecule has 10 heteroatoms. The van der Waals surface area contributed by atoms with Crippen molar-refractivity contribution in [2.45, 2.75) is 18.6 Å². The molecule has 0 radical (unpaired) electrons. The lowest BCUT2D eigenvalue weighted by molar-refractivity contribution is -0.131. The van der Waals surface area contributed by atoms with Crippen molar-refractivity contribution in [3.05, 3.63) is 29.8 Å². The highest BCUT2D eigenvalue weighted by molar-refractivity contribution is 6.04. The zero-order chi connectivity index (χ0) is 19.4. The van der Waals surface area contributed by atoms with E-state index in [4.69, 9.17) is 14.6 Å². The normalized spacial score (nSPS) is 22.3. The Hall–Kier alpha value is -3.14. The molecule has 2 fully saturated rings. The first-order chi connectivity index (χ1) is 12.9. The first-order valence-electron chi connectivity index (χ1n) is 8.39. The first-order valence-corrected chi connectivity index (χ1v) is 8.39. The third-order valence-corrected chi connectivity index (χ3v) is 4.28. The number of benzene rings is 1. The van der Waals surface area contributed by atoms with Crippen molar-refractivity contribution in [1.82, 2.24) is 15.5 Å². The molecule has 144 valence electrons. The summed E-state index contributed by atoms with van der Waals surface area (Å²) in [6.45, 7) is 0.212. The molecule has 3 rings (SSSR count). The van der Waals surface area contributed by atoms with Crippen molar-refractivity contribution < 1.29 is 33.8 Å². The smallest absolute Gasteiger partial charge is 0.335 e. The fourth-order valence-electron chi connectivity index (χ4n) is 2.86. The van der Waals surface area contributed by atoms with Crippen LogP contribution in [0, 0.1) is 0 Å². The molecule has 2 atom stereocenters. The van der Waals surface area contributed by atoms with E-state index in [-0.39, 0.29) is 31.3 Å². The number of urea groups is 1. The van der Waals surface area contributed by atoms with Crippen LogP contribution in [0.2, 0.25) is 0 Å². The Morgan fingerprint density at radius 3 is 2.67 bits per heavy atom. The number of carboxylic acid groups (broad SMARTS) is 1. The lowest BCUT2D eigenvalue weighted by Crippen LogP contribution is -2.53. The number of hydrogen-bond donors (Lipinski definition) is 3. The second kappa shape index (κ2) is 8.04. The maximum absolute atomic E-state index is 12.2. The van der Waals surface area contributed by atoms with E-state index in [2.05, 4.69) is 10.6 Å². The van der Waals surface area contributed by atoms with Crippen molar-refractivity contribution in [3.63, 3.8) is 0 Å². The standard InChI is InChI=1S/C17H19N3O7/c21-14(8-20-15(22)7-18-17(20)25)19-12-5-6-26-9-13(12)27-11-3-1-10(2-4-11)16(23)24/h1-4,12-13H,5-9H2,(H,18,25)(H,19,21)(H,23,24)/t12-,13-/m1/s1. The van der Waals surface area contributed by atoms with Gasteiger partial charge in [0.05, 0.1) is 24.8 Å². The van der Waals surface area contributed by atoms with Crippen molar-refractivity contribution >= 4 is 23.8 Å². The maximum Gasteiger partial charge on any atom is 0.335 e. The van der Waals surface area contributed by atoms with E-state index in [0.29, 0.717) is 18.8 Å². The maximum atomic E-state index is 12.2. The molecule has 4 amide bonds. The lowest BCUT2D eigenvalue weighted by atomic mass is 10.1. The van der Waals surface area contributed by atoms with Crippen LogP contribution in [0.5, 0.6) is 5.75 Å². The minimum Gasteiger partial charge on any atom is -0.486 e. The van der Waals surface area contributed by atoms with E-state index in [1.807, 2.05) is 0 Å². The Bertz CT molecular complexity index is 733. The summed E-state index contributed by atoms with van der Waals surface area (Å²) >= 11 is 0. The first kappa shape index (κ1) is 18.6. The molecule has 1 aromatic rings. The molecule has 3 N–H and O–H groups in total. The van der Waals surface area contributed by atoms with Gasteiger partial charge in [0.1, 0.15) is 18.4 Å². The number of nitrogens with one attached hydrogen (secondary N) is 2. The number of carboxylic acids is 1. The molecule has 0 saturated carbocycles. The highest BCUT2D eigenvalue weighted by Crippen LogP contribution is 2.19. The summed E-state index contributed by atoms with van der Waals surface area (Å²) in [6.07, 6.45) is 0.0190. The van der Waals surface area contributed by atoms with Gasteiger partial charge >= 0.3 is 12.0 Å². The molecule has 2 aliphatic heterocycles. The van der Waals surface area contributed by atoms with Crippen LogP contribution in [-0.4, -0.2) is 72.3 Å². The average molecular weight is 377 g/mol. The lowest BCUT2D eigenvalue weighted by Gasteiger charge is -2.32. The number of hydrogen-bond acceptors (Lipinski definition) is 6. The molecule has 2 aliphatic rings. The van der Waals surface area contributed by atoms with Crippen LogP contribution in [0.4, 0.5) is 4.79 Å². The number of carbonyl (C=O) groups excluding carboxylic acids is 3. The van der Waals surface area contributed by atoms with E-state index in [0.717, 1.165) is 4.90 Å². The summed E-state index contributed by atoms with van der Waals surface area (Å²) in [5.41, 5.74) is 0.139. The summed E-state index contributed by atoms with van der Waals surface area (Å²) in [4.78, 5) is 47.1. The fourth-order valence-corrected chi connectivity index (χ4v) is 2.86. The summed E-state index contributed by atoms with van der Waals surface area (Å²) in [7, 11) is 0. The van der Waals surface area contributed by atoms with Gasteiger partial charge in [-0.05, 0) is 30.7 Å². The van der Waals surface area contributed by atoms with E-state index in [9.17, 15) is 19.2 Å². The molecule has 2 heterocycles. The molecule has 10 nitrogen and oxygen atoms in total. The second-order valence-electron chi connectivity index (χ2n) is 6.16.